The van der Waals surface area contributed by atoms with Gasteiger partial charge >= 0.3 is 0 Å². The predicted molar refractivity (Wildman–Crippen MR) is 91.2 cm³/mol. The van der Waals surface area contributed by atoms with Crippen molar-refractivity contribution in [1.82, 2.24) is 9.97 Å². The van der Waals surface area contributed by atoms with E-state index in [1.807, 2.05) is 0 Å². The van der Waals surface area contributed by atoms with Gasteiger partial charge in [-0.25, -0.2) is 4.98 Å². The molecule has 0 spiro atoms. The highest BCUT2D eigenvalue weighted by Gasteiger charge is 2.18. The smallest absolute Gasteiger partial charge is 0.227 e. The lowest BCUT2D eigenvalue weighted by atomic mass is 9.91. The van der Waals surface area contributed by atoms with Crippen LogP contribution in [-0.2, 0) is 11.2 Å². The first-order valence-electron chi connectivity index (χ1n) is 8.61. The summed E-state index contributed by atoms with van der Waals surface area (Å²) in [6.07, 6.45) is 5.97. The summed E-state index contributed by atoms with van der Waals surface area (Å²) < 4.78 is 5.38. The van der Waals surface area contributed by atoms with Crippen LogP contribution in [0.3, 0.4) is 0 Å². The lowest BCUT2D eigenvalue weighted by Crippen LogP contribution is -2.37. The molecular weight excluding hydrogens is 276 g/mol. The number of nitrogens with zero attached hydrogens (tertiary/aromatic N) is 3. The Kier molecular flexibility index (Phi) is 6.43. The second-order valence-corrected chi connectivity index (χ2v) is 6.19. The molecule has 1 saturated heterocycles. The number of rotatable bonds is 7. The highest BCUT2D eigenvalue weighted by Crippen LogP contribution is 2.25. The van der Waals surface area contributed by atoms with Gasteiger partial charge in [0.2, 0.25) is 5.95 Å². The summed E-state index contributed by atoms with van der Waals surface area (Å²) in [6.45, 7) is 9.71. The molecule has 1 unspecified atom stereocenters. The molecule has 1 fully saturated rings. The van der Waals surface area contributed by atoms with Gasteiger partial charge in [-0.1, -0.05) is 39.5 Å². The standard InChI is InChI=1S/C17H30N4O/c1-4-6-7-14(5-2)12-15-13(3)19-17(20-16(15)18)21-8-10-22-11-9-21/h14H,4-12H2,1-3H3,(H2,18,19,20). The normalized spacial score (nSPS) is 16.8. The van der Waals surface area contributed by atoms with Crippen molar-refractivity contribution in [3.05, 3.63) is 11.3 Å². The topological polar surface area (TPSA) is 64.3 Å². The molecule has 5 nitrogen and oxygen atoms in total. The molecule has 1 aromatic heterocycles. The monoisotopic (exact) mass is 306 g/mol. The first kappa shape index (κ1) is 17.0. The van der Waals surface area contributed by atoms with E-state index in [4.69, 9.17) is 15.5 Å². The van der Waals surface area contributed by atoms with E-state index in [1.165, 1.54) is 25.7 Å². The Labute approximate surface area is 134 Å². The van der Waals surface area contributed by atoms with Crippen molar-refractivity contribution in [2.45, 2.75) is 52.9 Å². The van der Waals surface area contributed by atoms with Crippen molar-refractivity contribution in [3.63, 3.8) is 0 Å². The Morgan fingerprint density at radius 1 is 1.23 bits per heavy atom. The third-order valence-electron chi connectivity index (χ3n) is 4.56. The maximum Gasteiger partial charge on any atom is 0.227 e. The first-order chi connectivity index (χ1) is 10.7. The van der Waals surface area contributed by atoms with Crippen molar-refractivity contribution in [3.8, 4) is 0 Å². The van der Waals surface area contributed by atoms with Crippen LogP contribution in [0.2, 0.25) is 0 Å². The summed E-state index contributed by atoms with van der Waals surface area (Å²) in [7, 11) is 0. The summed E-state index contributed by atoms with van der Waals surface area (Å²) in [5, 5.41) is 0. The lowest BCUT2D eigenvalue weighted by Gasteiger charge is -2.27. The molecule has 1 atom stereocenters. The third-order valence-corrected chi connectivity index (χ3v) is 4.56. The van der Waals surface area contributed by atoms with Crippen molar-refractivity contribution in [2.24, 2.45) is 5.92 Å². The van der Waals surface area contributed by atoms with Crippen molar-refractivity contribution in [2.75, 3.05) is 36.9 Å². The Balaban J connectivity index is 2.11. The fourth-order valence-corrected chi connectivity index (χ4v) is 2.99. The number of hydrogen-bond donors (Lipinski definition) is 1. The maximum absolute atomic E-state index is 6.25. The Morgan fingerprint density at radius 2 is 1.95 bits per heavy atom. The van der Waals surface area contributed by atoms with Crippen molar-refractivity contribution >= 4 is 11.8 Å². The van der Waals surface area contributed by atoms with E-state index < -0.39 is 0 Å². The van der Waals surface area contributed by atoms with Crippen LogP contribution in [0.1, 0.15) is 50.8 Å². The SMILES string of the molecule is CCCCC(CC)Cc1c(C)nc(N2CCOCC2)nc1N. The van der Waals surface area contributed by atoms with E-state index in [0.717, 1.165) is 49.9 Å². The predicted octanol–water partition coefficient (Wildman–Crippen LogP) is 2.96. The molecule has 0 aliphatic carbocycles. The first-order valence-corrected chi connectivity index (χ1v) is 8.61. The molecular formula is C17H30N4O. The number of nitrogen functional groups attached to an aromatic ring is 1. The summed E-state index contributed by atoms with van der Waals surface area (Å²) in [6, 6.07) is 0. The van der Waals surface area contributed by atoms with E-state index >= 15 is 0 Å². The van der Waals surface area contributed by atoms with Crippen LogP contribution in [0.15, 0.2) is 0 Å². The van der Waals surface area contributed by atoms with Crippen LogP contribution in [-0.4, -0.2) is 36.3 Å². The molecule has 0 bridgehead atoms. The van der Waals surface area contributed by atoms with Crippen LogP contribution in [0.5, 0.6) is 0 Å². The van der Waals surface area contributed by atoms with Gasteiger partial charge < -0.3 is 15.4 Å². The largest absolute Gasteiger partial charge is 0.383 e. The quantitative estimate of drug-likeness (QED) is 0.839. The van der Waals surface area contributed by atoms with Crippen molar-refractivity contribution in [1.29, 1.82) is 0 Å². The van der Waals surface area contributed by atoms with Crippen molar-refractivity contribution < 1.29 is 4.74 Å². The summed E-state index contributed by atoms with van der Waals surface area (Å²) in [5.74, 6) is 2.09. The second kappa shape index (κ2) is 8.32. The minimum Gasteiger partial charge on any atom is -0.383 e. The molecule has 2 rings (SSSR count). The molecule has 0 aromatic carbocycles. The third kappa shape index (κ3) is 4.32. The zero-order chi connectivity index (χ0) is 15.9. The van der Waals surface area contributed by atoms with E-state index in [1.54, 1.807) is 0 Å². The summed E-state index contributed by atoms with van der Waals surface area (Å²) in [5.41, 5.74) is 8.42. The fraction of sp³-hybridized carbons (Fsp3) is 0.765. The van der Waals surface area contributed by atoms with Crippen LogP contribution in [0.25, 0.3) is 0 Å². The van der Waals surface area contributed by atoms with Gasteiger partial charge in [0.25, 0.3) is 0 Å². The number of morpholine rings is 1. The average Bonchev–Trinajstić information content (AvgIpc) is 2.54. The van der Waals surface area contributed by atoms with Crippen LogP contribution >= 0.6 is 0 Å². The highest BCUT2D eigenvalue weighted by atomic mass is 16.5. The van der Waals surface area contributed by atoms with Gasteiger partial charge in [0.05, 0.1) is 13.2 Å². The molecule has 5 heteroatoms. The van der Waals surface area contributed by atoms with E-state index in [2.05, 4.69) is 30.7 Å². The van der Waals surface area contributed by atoms with Crippen LogP contribution in [0, 0.1) is 12.8 Å². The van der Waals surface area contributed by atoms with Gasteiger partial charge in [0, 0.05) is 24.3 Å². The Hall–Kier alpha value is -1.36. The number of hydrogen-bond acceptors (Lipinski definition) is 5. The van der Waals surface area contributed by atoms with E-state index in [-0.39, 0.29) is 0 Å². The Bertz CT molecular complexity index is 449. The molecule has 1 aromatic rings. The molecule has 0 saturated carbocycles. The maximum atomic E-state index is 6.25. The number of ether oxygens (including phenoxy) is 1. The second-order valence-electron chi connectivity index (χ2n) is 6.19. The highest BCUT2D eigenvalue weighted by molar-refractivity contribution is 5.48. The molecule has 22 heavy (non-hydrogen) atoms. The summed E-state index contributed by atoms with van der Waals surface area (Å²) in [4.78, 5) is 11.4. The number of unbranched alkanes of at least 4 members (excludes halogenated alkanes) is 1. The number of aryl methyl sites for hydroxylation is 1. The van der Waals surface area contributed by atoms with Crippen LogP contribution < -0.4 is 10.6 Å². The molecule has 0 amide bonds. The van der Waals surface area contributed by atoms with Crippen LogP contribution in [0.4, 0.5) is 11.8 Å². The van der Waals surface area contributed by atoms with Gasteiger partial charge in [-0.15, -0.1) is 0 Å². The molecule has 124 valence electrons. The molecule has 0 radical (unpaired) electrons. The van der Waals surface area contributed by atoms with Gasteiger partial charge in [-0.05, 0) is 19.3 Å². The fourth-order valence-electron chi connectivity index (χ4n) is 2.99. The van der Waals surface area contributed by atoms with E-state index in [9.17, 15) is 0 Å². The van der Waals surface area contributed by atoms with Gasteiger partial charge in [-0.2, -0.15) is 4.98 Å². The average molecular weight is 306 g/mol. The molecule has 1 aliphatic rings. The molecule has 2 heterocycles. The Morgan fingerprint density at radius 3 is 2.55 bits per heavy atom. The van der Waals surface area contributed by atoms with Gasteiger partial charge in [0.1, 0.15) is 5.82 Å². The molecule has 2 N–H and O–H groups in total. The zero-order valence-corrected chi connectivity index (χ0v) is 14.3. The summed E-state index contributed by atoms with van der Waals surface area (Å²) >= 11 is 0. The minimum atomic E-state index is 0.656. The lowest BCUT2D eigenvalue weighted by molar-refractivity contribution is 0.122. The zero-order valence-electron chi connectivity index (χ0n) is 14.3. The number of aromatic nitrogens is 2. The van der Waals surface area contributed by atoms with Gasteiger partial charge in [-0.3, -0.25) is 0 Å². The van der Waals surface area contributed by atoms with E-state index in [0.29, 0.717) is 11.7 Å². The molecule has 1 aliphatic heterocycles. The number of anilines is 2. The minimum absolute atomic E-state index is 0.656. The van der Waals surface area contributed by atoms with Gasteiger partial charge in [0.15, 0.2) is 0 Å². The number of nitrogens with two attached hydrogens (primary N) is 1.